The van der Waals surface area contributed by atoms with Crippen LogP contribution in [0.25, 0.3) is 10.2 Å². The van der Waals surface area contributed by atoms with Gasteiger partial charge in [0.15, 0.2) is 0 Å². The molecular formula is C21H22N6OS. The van der Waals surface area contributed by atoms with Crippen LogP contribution in [0, 0.1) is 13.8 Å². The first kappa shape index (κ1) is 19.4. The summed E-state index contributed by atoms with van der Waals surface area (Å²) in [6.07, 6.45) is 6.32. The van der Waals surface area contributed by atoms with E-state index in [0.717, 1.165) is 32.5 Å². The Morgan fingerprint density at radius 1 is 0.966 bits per heavy atom. The van der Waals surface area contributed by atoms with E-state index in [4.69, 9.17) is 0 Å². The maximum atomic E-state index is 10.8. The van der Waals surface area contributed by atoms with Crippen LogP contribution in [0.1, 0.15) is 34.2 Å². The van der Waals surface area contributed by atoms with E-state index in [0.29, 0.717) is 24.7 Å². The molecule has 0 aromatic carbocycles. The van der Waals surface area contributed by atoms with Gasteiger partial charge in [0.25, 0.3) is 0 Å². The quantitative estimate of drug-likeness (QED) is 0.404. The van der Waals surface area contributed by atoms with Crippen molar-refractivity contribution >= 4 is 27.5 Å². The van der Waals surface area contributed by atoms with Gasteiger partial charge in [-0.3, -0.25) is 15.3 Å². The van der Waals surface area contributed by atoms with Gasteiger partial charge in [-0.05, 0) is 47.5 Å². The Morgan fingerprint density at radius 2 is 1.66 bits per heavy atom. The van der Waals surface area contributed by atoms with Gasteiger partial charge in [-0.2, -0.15) is 0 Å². The Hall–Kier alpha value is -2.94. The van der Waals surface area contributed by atoms with Gasteiger partial charge in [0, 0.05) is 37.9 Å². The molecule has 4 aromatic rings. The SMILES string of the molecule is Cc1cncc(CNc2nc(C(O)NCc3cncc(C)c3)c3sccc3n2)c1. The molecule has 0 fully saturated rings. The van der Waals surface area contributed by atoms with E-state index < -0.39 is 6.23 Å². The normalized spacial score (nSPS) is 12.2. The molecule has 0 saturated heterocycles. The van der Waals surface area contributed by atoms with E-state index in [9.17, 15) is 5.11 Å². The largest absolute Gasteiger partial charge is 0.373 e. The fraction of sp³-hybridized carbons (Fsp3) is 0.238. The molecule has 148 valence electrons. The van der Waals surface area contributed by atoms with Gasteiger partial charge in [0.2, 0.25) is 5.95 Å². The van der Waals surface area contributed by atoms with Crippen molar-refractivity contribution in [1.29, 1.82) is 0 Å². The van der Waals surface area contributed by atoms with E-state index >= 15 is 0 Å². The van der Waals surface area contributed by atoms with Gasteiger partial charge >= 0.3 is 0 Å². The highest BCUT2D eigenvalue weighted by Crippen LogP contribution is 2.27. The molecule has 29 heavy (non-hydrogen) atoms. The van der Waals surface area contributed by atoms with Crippen LogP contribution in [0.2, 0.25) is 0 Å². The highest BCUT2D eigenvalue weighted by Gasteiger charge is 2.17. The van der Waals surface area contributed by atoms with Crippen molar-refractivity contribution in [3.8, 4) is 0 Å². The van der Waals surface area contributed by atoms with Gasteiger partial charge in [0.05, 0.1) is 10.2 Å². The predicted molar refractivity (Wildman–Crippen MR) is 114 cm³/mol. The second-order valence-electron chi connectivity index (χ2n) is 6.95. The van der Waals surface area contributed by atoms with Gasteiger partial charge < -0.3 is 10.4 Å². The van der Waals surface area contributed by atoms with E-state index in [2.05, 4.69) is 36.6 Å². The van der Waals surface area contributed by atoms with Crippen molar-refractivity contribution in [3.05, 3.63) is 76.3 Å². The molecule has 0 aliphatic heterocycles. The molecule has 1 unspecified atom stereocenters. The zero-order valence-corrected chi connectivity index (χ0v) is 17.1. The molecule has 3 N–H and O–H groups in total. The van der Waals surface area contributed by atoms with Gasteiger partial charge in [-0.15, -0.1) is 11.3 Å². The standard InChI is InChI=1S/C21H22N6OS/c1-13-5-15(9-22-7-13)11-24-20(28)18-19-17(3-4-29-19)26-21(27-18)25-12-16-6-14(2)8-23-10-16/h3-10,20,24,28H,11-12H2,1-2H3,(H,25,26,27). The number of nitrogens with zero attached hydrogens (tertiary/aromatic N) is 4. The molecular weight excluding hydrogens is 384 g/mol. The van der Waals surface area contributed by atoms with Gasteiger partial charge in [-0.1, -0.05) is 12.1 Å². The zero-order chi connectivity index (χ0) is 20.2. The molecule has 4 rings (SSSR count). The van der Waals surface area contributed by atoms with Crippen LogP contribution in [0.4, 0.5) is 5.95 Å². The first-order chi connectivity index (χ1) is 14.1. The van der Waals surface area contributed by atoms with Crippen molar-refractivity contribution in [1.82, 2.24) is 25.3 Å². The third kappa shape index (κ3) is 4.73. The van der Waals surface area contributed by atoms with Crippen molar-refractivity contribution in [3.63, 3.8) is 0 Å². The summed E-state index contributed by atoms with van der Waals surface area (Å²) in [6, 6.07) is 6.04. The molecule has 4 heterocycles. The lowest BCUT2D eigenvalue weighted by Crippen LogP contribution is -2.22. The summed E-state index contributed by atoms with van der Waals surface area (Å²) in [6.45, 7) is 5.05. The zero-order valence-electron chi connectivity index (χ0n) is 16.3. The van der Waals surface area contributed by atoms with Crippen LogP contribution < -0.4 is 10.6 Å². The molecule has 0 amide bonds. The first-order valence-electron chi connectivity index (χ1n) is 9.30. The van der Waals surface area contributed by atoms with Crippen molar-refractivity contribution < 1.29 is 5.11 Å². The molecule has 0 saturated carbocycles. The van der Waals surface area contributed by atoms with Crippen LogP contribution in [-0.4, -0.2) is 25.0 Å². The van der Waals surface area contributed by atoms with Crippen LogP contribution in [-0.2, 0) is 13.1 Å². The van der Waals surface area contributed by atoms with Crippen LogP contribution in [0.3, 0.4) is 0 Å². The number of hydrogen-bond donors (Lipinski definition) is 3. The summed E-state index contributed by atoms with van der Waals surface area (Å²) < 4.78 is 0.870. The molecule has 0 bridgehead atoms. The number of hydrogen-bond acceptors (Lipinski definition) is 8. The number of anilines is 1. The second kappa shape index (κ2) is 8.60. The number of aryl methyl sites for hydroxylation is 2. The summed E-state index contributed by atoms with van der Waals surface area (Å²) in [7, 11) is 0. The van der Waals surface area contributed by atoms with Crippen molar-refractivity contribution in [2.24, 2.45) is 0 Å². The molecule has 1 atom stereocenters. The molecule has 7 nitrogen and oxygen atoms in total. The third-order valence-corrected chi connectivity index (χ3v) is 5.33. The first-order valence-corrected chi connectivity index (χ1v) is 10.2. The predicted octanol–water partition coefficient (Wildman–Crippen LogP) is 3.49. The maximum Gasteiger partial charge on any atom is 0.223 e. The van der Waals surface area contributed by atoms with Gasteiger partial charge in [-0.25, -0.2) is 9.97 Å². The number of pyridine rings is 2. The second-order valence-corrected chi connectivity index (χ2v) is 7.86. The fourth-order valence-electron chi connectivity index (χ4n) is 3.07. The van der Waals surface area contributed by atoms with E-state index in [1.54, 1.807) is 12.4 Å². The Labute approximate surface area is 172 Å². The smallest absolute Gasteiger partial charge is 0.223 e. The highest BCUT2D eigenvalue weighted by atomic mass is 32.1. The number of fused-ring (bicyclic) bond motifs is 1. The molecule has 4 aromatic heterocycles. The molecule has 0 aliphatic carbocycles. The average molecular weight is 407 g/mol. The van der Waals surface area contributed by atoms with Crippen molar-refractivity contribution in [2.45, 2.75) is 33.2 Å². The summed E-state index contributed by atoms with van der Waals surface area (Å²) in [4.78, 5) is 17.5. The number of aliphatic hydroxyl groups excluding tert-OH is 1. The Kier molecular flexibility index (Phi) is 5.75. The molecule has 0 aliphatic rings. The van der Waals surface area contributed by atoms with Crippen LogP contribution >= 0.6 is 11.3 Å². The number of nitrogens with one attached hydrogen (secondary N) is 2. The highest BCUT2D eigenvalue weighted by molar-refractivity contribution is 7.17. The monoisotopic (exact) mass is 406 g/mol. The van der Waals surface area contributed by atoms with E-state index in [1.165, 1.54) is 11.3 Å². The molecule has 0 radical (unpaired) electrons. The summed E-state index contributed by atoms with van der Waals surface area (Å²) in [5.74, 6) is 0.477. The van der Waals surface area contributed by atoms with Crippen LogP contribution in [0.15, 0.2) is 48.4 Å². The minimum Gasteiger partial charge on any atom is -0.373 e. The fourth-order valence-corrected chi connectivity index (χ4v) is 3.92. The lowest BCUT2D eigenvalue weighted by Gasteiger charge is -2.15. The van der Waals surface area contributed by atoms with E-state index in [-0.39, 0.29) is 0 Å². The number of aliphatic hydroxyl groups is 1. The Balaban J connectivity index is 1.52. The number of thiophene rings is 1. The summed E-state index contributed by atoms with van der Waals surface area (Å²) in [5.41, 5.74) is 5.61. The lowest BCUT2D eigenvalue weighted by atomic mass is 10.2. The lowest BCUT2D eigenvalue weighted by molar-refractivity contribution is 0.134. The topological polar surface area (TPSA) is 95.9 Å². The average Bonchev–Trinajstić information content (AvgIpc) is 3.18. The minimum absolute atomic E-state index is 0.477. The van der Waals surface area contributed by atoms with Crippen molar-refractivity contribution in [2.75, 3.05) is 5.32 Å². The molecule has 0 spiro atoms. The third-order valence-electron chi connectivity index (χ3n) is 4.40. The minimum atomic E-state index is -0.916. The Morgan fingerprint density at radius 3 is 2.34 bits per heavy atom. The van der Waals surface area contributed by atoms with Crippen LogP contribution in [0.5, 0.6) is 0 Å². The molecule has 8 heteroatoms. The number of rotatable bonds is 7. The summed E-state index contributed by atoms with van der Waals surface area (Å²) in [5, 5.41) is 19.1. The summed E-state index contributed by atoms with van der Waals surface area (Å²) >= 11 is 1.52. The van der Waals surface area contributed by atoms with E-state index in [1.807, 2.05) is 43.8 Å². The maximum absolute atomic E-state index is 10.8. The Bertz CT molecular complexity index is 1130. The van der Waals surface area contributed by atoms with Gasteiger partial charge in [0.1, 0.15) is 11.9 Å². The number of aromatic nitrogens is 4.